The van der Waals surface area contributed by atoms with Crippen molar-refractivity contribution in [3.05, 3.63) is 66.0 Å². The molecule has 0 radical (unpaired) electrons. The zero-order chi connectivity index (χ0) is 30.3. The average Bonchev–Trinajstić information content (AvgIpc) is 2.87. The monoisotopic (exact) mass is 569 g/mol. The third-order valence-corrected chi connectivity index (χ3v) is 5.67. The molecule has 216 valence electrons. The highest BCUT2D eigenvalue weighted by Crippen LogP contribution is 2.38. The van der Waals surface area contributed by atoms with E-state index in [1.54, 1.807) is 12.1 Å². The van der Waals surface area contributed by atoms with E-state index in [0.29, 0.717) is 30.2 Å². The average molecular weight is 570 g/mol. The number of amides is 2. The molecule has 9 nitrogen and oxygen atoms in total. The lowest BCUT2D eigenvalue weighted by Gasteiger charge is -2.31. The molecule has 0 fully saturated rings. The summed E-state index contributed by atoms with van der Waals surface area (Å²) in [5.41, 5.74) is 1.01. The number of ether oxygens (including phenoxy) is 1. The quantitative estimate of drug-likeness (QED) is 0.240. The number of aromatic nitrogens is 1. The Morgan fingerprint density at radius 1 is 1.05 bits per heavy atom. The van der Waals surface area contributed by atoms with E-state index in [9.17, 15) is 27.9 Å². The van der Waals surface area contributed by atoms with Crippen molar-refractivity contribution in [2.45, 2.75) is 34.1 Å². The Labute approximate surface area is 235 Å². The molecule has 2 amide bonds. The van der Waals surface area contributed by atoms with Crippen molar-refractivity contribution >= 4 is 29.1 Å². The Morgan fingerprint density at radius 2 is 1.73 bits per heavy atom. The van der Waals surface area contributed by atoms with E-state index in [4.69, 9.17) is 5.26 Å². The van der Waals surface area contributed by atoms with Gasteiger partial charge in [-0.3, -0.25) is 0 Å². The molecule has 3 aromatic rings. The van der Waals surface area contributed by atoms with Crippen molar-refractivity contribution in [2.24, 2.45) is 11.8 Å². The van der Waals surface area contributed by atoms with E-state index in [1.165, 1.54) is 36.5 Å². The molecule has 0 unspecified atom stereocenters. The third kappa shape index (κ3) is 8.60. The van der Waals surface area contributed by atoms with Gasteiger partial charge in [0.05, 0.1) is 23.3 Å². The summed E-state index contributed by atoms with van der Waals surface area (Å²) in [6.07, 6.45) is -3.77. The number of hydrogen-bond acceptors (Lipinski definition) is 6. The van der Waals surface area contributed by atoms with Crippen LogP contribution < -0.4 is 20.3 Å². The van der Waals surface area contributed by atoms with E-state index in [1.807, 2.05) is 33.8 Å². The minimum absolute atomic E-state index is 0.0233. The number of carbonyl (C=O) groups excluding carboxylic acids is 1. The number of halogens is 3. The van der Waals surface area contributed by atoms with Gasteiger partial charge in [-0.1, -0.05) is 45.9 Å². The van der Waals surface area contributed by atoms with Crippen molar-refractivity contribution < 1.29 is 32.6 Å². The van der Waals surface area contributed by atoms with Crippen LogP contribution in [0, 0.1) is 23.2 Å². The van der Waals surface area contributed by atoms with E-state index < -0.39 is 29.7 Å². The van der Waals surface area contributed by atoms with Gasteiger partial charge in [-0.25, -0.2) is 14.6 Å². The molecule has 0 atom stereocenters. The number of carboxylic acid groups (broad SMARTS) is 1. The molecule has 0 aliphatic heterocycles. The maximum Gasteiger partial charge on any atom is 0.573 e. The molecule has 0 saturated carbocycles. The maximum absolute atomic E-state index is 13.0. The number of rotatable bonds is 10. The first kappa shape index (κ1) is 30.7. The Morgan fingerprint density at radius 3 is 2.27 bits per heavy atom. The molecule has 1 aromatic heterocycles. The third-order valence-electron chi connectivity index (χ3n) is 5.67. The molecule has 0 aliphatic carbocycles. The number of carbonyl (C=O) groups is 2. The molecule has 1 heterocycles. The lowest BCUT2D eigenvalue weighted by molar-refractivity contribution is -0.274. The molecule has 3 N–H and O–H groups in total. The fourth-order valence-corrected chi connectivity index (χ4v) is 4.25. The normalized spacial score (nSPS) is 11.2. The first-order valence-electron chi connectivity index (χ1n) is 12.7. The van der Waals surface area contributed by atoms with Crippen molar-refractivity contribution in [2.75, 3.05) is 28.6 Å². The minimum Gasteiger partial charge on any atom is -0.478 e. The molecule has 2 aromatic carbocycles. The second-order valence-electron chi connectivity index (χ2n) is 10.1. The highest BCUT2D eigenvalue weighted by Gasteiger charge is 2.34. The predicted molar refractivity (Wildman–Crippen MR) is 149 cm³/mol. The number of urea groups is 1. The maximum atomic E-state index is 13.0. The molecule has 41 heavy (non-hydrogen) atoms. The van der Waals surface area contributed by atoms with Gasteiger partial charge in [-0.05, 0) is 47.7 Å². The van der Waals surface area contributed by atoms with Gasteiger partial charge in [-0.2, -0.15) is 5.26 Å². The van der Waals surface area contributed by atoms with Crippen LogP contribution in [0.4, 0.5) is 35.0 Å². The molecule has 0 saturated heterocycles. The molecular formula is C29H30F3N5O4. The Hall–Kier alpha value is -4.79. The first-order valence-corrected chi connectivity index (χ1v) is 12.7. The number of aromatic carboxylic acids is 1. The van der Waals surface area contributed by atoms with Crippen LogP contribution in [0.25, 0.3) is 11.1 Å². The SMILES string of the molecule is CC(C)CN(CC(C)C)c1ccc(-c2cccc(OC(F)(F)F)c2C(=O)O)cc1NC(=O)Nc1ccc(C#N)nc1. The standard InChI is InChI=1S/C29H30F3N5O4/c1-17(2)15-37(16-18(3)4)24-11-8-19(22-6-5-7-25(26(22)27(38)39)41-29(30,31)32)12-23(24)36-28(40)35-21-10-9-20(13-33)34-14-21/h5-12,14,17-18H,15-16H2,1-4H3,(H,38,39)(H2,35,36,40). The Bertz CT molecular complexity index is 1420. The number of benzene rings is 2. The second kappa shape index (κ2) is 13.0. The Balaban J connectivity index is 2.11. The number of nitrogens with zero attached hydrogens (tertiary/aromatic N) is 3. The van der Waals surface area contributed by atoms with Crippen LogP contribution in [-0.2, 0) is 0 Å². The van der Waals surface area contributed by atoms with Gasteiger partial charge in [0.25, 0.3) is 0 Å². The van der Waals surface area contributed by atoms with Crippen LogP contribution in [0.5, 0.6) is 5.75 Å². The van der Waals surface area contributed by atoms with Crippen LogP contribution in [0.3, 0.4) is 0 Å². The van der Waals surface area contributed by atoms with E-state index in [-0.39, 0.29) is 28.7 Å². The van der Waals surface area contributed by atoms with E-state index >= 15 is 0 Å². The van der Waals surface area contributed by atoms with Crippen LogP contribution in [0.15, 0.2) is 54.7 Å². The van der Waals surface area contributed by atoms with Crippen LogP contribution in [-0.4, -0.2) is 41.5 Å². The summed E-state index contributed by atoms with van der Waals surface area (Å²) in [5, 5.41) is 24.2. The van der Waals surface area contributed by atoms with E-state index in [2.05, 4.69) is 25.3 Å². The highest BCUT2D eigenvalue weighted by molar-refractivity contribution is 6.04. The fourth-order valence-electron chi connectivity index (χ4n) is 4.25. The smallest absolute Gasteiger partial charge is 0.478 e. The summed E-state index contributed by atoms with van der Waals surface area (Å²) >= 11 is 0. The second-order valence-corrected chi connectivity index (χ2v) is 10.1. The number of nitriles is 1. The molecule has 12 heteroatoms. The Kier molecular flexibility index (Phi) is 9.78. The molecular weight excluding hydrogens is 539 g/mol. The zero-order valence-corrected chi connectivity index (χ0v) is 22.9. The molecule has 3 rings (SSSR count). The predicted octanol–water partition coefficient (Wildman–Crippen LogP) is 6.98. The lowest BCUT2D eigenvalue weighted by atomic mass is 9.97. The van der Waals surface area contributed by atoms with Gasteiger partial charge in [0.1, 0.15) is 23.1 Å². The van der Waals surface area contributed by atoms with Crippen molar-refractivity contribution in [1.29, 1.82) is 5.26 Å². The summed E-state index contributed by atoms with van der Waals surface area (Å²) < 4.78 is 43.0. The summed E-state index contributed by atoms with van der Waals surface area (Å²) in [6.45, 7) is 9.47. The largest absolute Gasteiger partial charge is 0.573 e. The minimum atomic E-state index is -5.09. The zero-order valence-electron chi connectivity index (χ0n) is 22.9. The summed E-state index contributed by atoms with van der Waals surface area (Å²) in [7, 11) is 0. The van der Waals surface area contributed by atoms with Gasteiger partial charge in [-0.15, -0.1) is 13.2 Å². The highest BCUT2D eigenvalue weighted by atomic mass is 19.4. The van der Waals surface area contributed by atoms with Gasteiger partial charge < -0.3 is 25.4 Å². The molecule has 0 spiro atoms. The van der Waals surface area contributed by atoms with Gasteiger partial charge in [0, 0.05) is 18.7 Å². The van der Waals surface area contributed by atoms with E-state index in [0.717, 1.165) is 6.07 Å². The number of alkyl halides is 3. The summed E-state index contributed by atoms with van der Waals surface area (Å²) in [6, 6.07) is 12.6. The molecule has 0 bridgehead atoms. The van der Waals surface area contributed by atoms with Crippen molar-refractivity contribution in [1.82, 2.24) is 4.98 Å². The number of pyridine rings is 1. The number of nitrogens with one attached hydrogen (secondary N) is 2. The van der Waals surface area contributed by atoms with Crippen LogP contribution in [0.1, 0.15) is 43.7 Å². The van der Waals surface area contributed by atoms with Gasteiger partial charge in [0.2, 0.25) is 0 Å². The molecule has 0 aliphatic rings. The lowest BCUT2D eigenvalue weighted by Crippen LogP contribution is -2.32. The van der Waals surface area contributed by atoms with Gasteiger partial charge >= 0.3 is 18.4 Å². The summed E-state index contributed by atoms with van der Waals surface area (Å²) in [5.74, 6) is -1.94. The number of hydrogen-bond donors (Lipinski definition) is 3. The van der Waals surface area contributed by atoms with Gasteiger partial charge in [0.15, 0.2) is 0 Å². The van der Waals surface area contributed by atoms with Crippen LogP contribution in [0.2, 0.25) is 0 Å². The van der Waals surface area contributed by atoms with Crippen molar-refractivity contribution in [3.8, 4) is 22.9 Å². The number of carboxylic acids is 1. The first-order chi connectivity index (χ1) is 19.3. The fraction of sp³-hybridized carbons (Fsp3) is 0.310. The van der Waals surface area contributed by atoms with Crippen molar-refractivity contribution in [3.63, 3.8) is 0 Å². The number of anilines is 3. The summed E-state index contributed by atoms with van der Waals surface area (Å²) in [4.78, 5) is 31.1. The van der Waals surface area contributed by atoms with Crippen LogP contribution >= 0.6 is 0 Å². The topological polar surface area (TPSA) is 128 Å².